The second-order valence-electron chi connectivity index (χ2n) is 9.05. The largest absolute Gasteiger partial charge is 0.411 e. The second kappa shape index (κ2) is 11.5. The van der Waals surface area contributed by atoms with Crippen LogP contribution in [0.3, 0.4) is 0 Å². The van der Waals surface area contributed by atoms with Crippen LogP contribution >= 0.6 is 11.6 Å². The van der Waals surface area contributed by atoms with Gasteiger partial charge in [-0.2, -0.15) is 26.3 Å². The van der Waals surface area contributed by atoms with Crippen LogP contribution in [0.5, 0.6) is 0 Å². The fourth-order valence-corrected chi connectivity index (χ4v) is 4.89. The zero-order valence-electron chi connectivity index (χ0n) is 17.9. The third kappa shape index (κ3) is 8.93. The Kier molecular flexibility index (Phi) is 9.49. The van der Waals surface area contributed by atoms with E-state index in [0.717, 1.165) is 0 Å². The summed E-state index contributed by atoms with van der Waals surface area (Å²) in [6.07, 6.45) is -10.1. The van der Waals surface area contributed by atoms with E-state index in [1.165, 1.54) is 0 Å². The summed E-state index contributed by atoms with van der Waals surface area (Å²) in [6.45, 7) is -1.07. The van der Waals surface area contributed by atoms with Gasteiger partial charge in [-0.15, -0.1) is 11.6 Å². The lowest BCUT2D eigenvalue weighted by Crippen LogP contribution is -2.76. The van der Waals surface area contributed by atoms with Crippen LogP contribution in [-0.2, 0) is 4.74 Å². The molecule has 6 unspecified atom stereocenters. The van der Waals surface area contributed by atoms with E-state index < -0.39 is 55.4 Å². The molecule has 0 amide bonds. The topological polar surface area (TPSA) is 69.4 Å². The maximum atomic E-state index is 13.6. The zero-order valence-corrected chi connectivity index (χ0v) is 18.7. The number of hydrogen-bond donors (Lipinski definition) is 5. The quantitative estimate of drug-likeness (QED) is 0.266. The van der Waals surface area contributed by atoms with Crippen LogP contribution in [0.25, 0.3) is 0 Å². The van der Waals surface area contributed by atoms with Crippen LogP contribution in [0.2, 0.25) is 0 Å². The van der Waals surface area contributed by atoms with Gasteiger partial charge in [0.15, 0.2) is 6.35 Å². The number of nitrogens with one attached hydrogen (secondary N) is 5. The second-order valence-corrected chi connectivity index (χ2v) is 9.61. The van der Waals surface area contributed by atoms with Gasteiger partial charge in [0.1, 0.15) is 25.4 Å². The molecule has 33 heavy (non-hydrogen) atoms. The third-order valence-electron chi connectivity index (χ3n) is 6.40. The lowest BCUT2D eigenvalue weighted by Gasteiger charge is -2.42. The maximum Gasteiger partial charge on any atom is 0.411 e. The number of alkyl halides is 8. The SMILES string of the molecule is FC1CCC(NC2NC(NCC3CCC(C(F)(F)F)CC3)NC(OCC(F)(F)F)N2)CC1Cl. The molecular weight excluding hydrogens is 483 g/mol. The molecule has 6 atom stereocenters. The first-order valence-corrected chi connectivity index (χ1v) is 11.6. The summed E-state index contributed by atoms with van der Waals surface area (Å²) < 4.78 is 94.9. The van der Waals surface area contributed by atoms with Crippen molar-refractivity contribution in [2.45, 2.75) is 93.8 Å². The Bertz CT molecular complexity index is 606. The molecule has 14 heteroatoms. The normalized spacial score (nSPS) is 38.9. The highest BCUT2D eigenvalue weighted by Crippen LogP contribution is 2.39. The van der Waals surface area contributed by atoms with Crippen molar-refractivity contribution < 1.29 is 35.5 Å². The van der Waals surface area contributed by atoms with E-state index in [-0.39, 0.29) is 31.2 Å². The van der Waals surface area contributed by atoms with Crippen LogP contribution in [-0.4, -0.2) is 62.0 Å². The molecule has 0 spiro atoms. The molecule has 2 saturated carbocycles. The van der Waals surface area contributed by atoms with Crippen LogP contribution in [0.15, 0.2) is 0 Å². The van der Waals surface area contributed by atoms with Gasteiger partial charge in [0.2, 0.25) is 0 Å². The molecule has 3 fully saturated rings. The molecule has 5 N–H and O–H groups in total. The molecule has 0 aromatic rings. The van der Waals surface area contributed by atoms with Crippen molar-refractivity contribution in [2.75, 3.05) is 13.2 Å². The molecule has 194 valence electrons. The summed E-state index contributed by atoms with van der Waals surface area (Å²) in [6, 6.07) is -0.149. The van der Waals surface area contributed by atoms with E-state index in [1.54, 1.807) is 0 Å². The first-order chi connectivity index (χ1) is 15.4. The molecule has 0 aromatic carbocycles. The Morgan fingerprint density at radius 1 is 0.879 bits per heavy atom. The van der Waals surface area contributed by atoms with Crippen LogP contribution in [0, 0.1) is 11.8 Å². The third-order valence-corrected chi connectivity index (χ3v) is 6.85. The minimum Gasteiger partial charge on any atom is -0.340 e. The predicted octanol–water partition coefficient (Wildman–Crippen LogP) is 3.24. The van der Waals surface area contributed by atoms with Gasteiger partial charge in [-0.3, -0.25) is 26.6 Å². The van der Waals surface area contributed by atoms with Crippen molar-refractivity contribution in [3.05, 3.63) is 0 Å². The first-order valence-electron chi connectivity index (χ1n) is 11.2. The van der Waals surface area contributed by atoms with Crippen molar-refractivity contribution >= 4 is 11.6 Å². The zero-order chi connectivity index (χ0) is 24.2. The summed E-state index contributed by atoms with van der Waals surface area (Å²) >= 11 is 6.01. The summed E-state index contributed by atoms with van der Waals surface area (Å²) in [7, 11) is 0. The maximum absolute atomic E-state index is 13.6. The standard InChI is InChI=1S/C19H31ClF7N5O/c20-13-7-12(5-6-14(13)21)29-16-30-15(31-17(32-16)33-9-18(22,23)24)28-8-10-1-3-11(4-2-10)19(25,26)27/h10-17,28-32H,1-9H2. The Balaban J connectivity index is 1.51. The molecule has 6 nitrogen and oxygen atoms in total. The molecular formula is C19H31ClF7N5O. The summed E-state index contributed by atoms with van der Waals surface area (Å²) in [5.74, 6) is -1.25. The van der Waals surface area contributed by atoms with Crippen molar-refractivity contribution in [1.82, 2.24) is 26.6 Å². The van der Waals surface area contributed by atoms with Gasteiger partial charge in [-0.05, 0) is 50.9 Å². The minimum absolute atomic E-state index is 0.0277. The molecule has 0 bridgehead atoms. The van der Waals surface area contributed by atoms with Crippen LogP contribution < -0.4 is 26.6 Å². The summed E-state index contributed by atoms with van der Waals surface area (Å²) in [5.41, 5.74) is 0. The number of hydrogen-bond acceptors (Lipinski definition) is 6. The van der Waals surface area contributed by atoms with Crippen LogP contribution in [0.4, 0.5) is 30.7 Å². The van der Waals surface area contributed by atoms with Crippen LogP contribution in [0.1, 0.15) is 44.9 Å². The van der Waals surface area contributed by atoms with E-state index >= 15 is 0 Å². The highest BCUT2D eigenvalue weighted by molar-refractivity contribution is 6.21. The van der Waals surface area contributed by atoms with Crippen molar-refractivity contribution in [3.63, 3.8) is 0 Å². The Morgan fingerprint density at radius 2 is 1.55 bits per heavy atom. The van der Waals surface area contributed by atoms with E-state index in [0.29, 0.717) is 32.2 Å². The van der Waals surface area contributed by atoms with Gasteiger partial charge in [-0.1, -0.05) is 0 Å². The van der Waals surface area contributed by atoms with Gasteiger partial charge in [-0.25, -0.2) is 4.39 Å². The highest BCUT2D eigenvalue weighted by atomic mass is 35.5. The van der Waals surface area contributed by atoms with Crippen molar-refractivity contribution in [3.8, 4) is 0 Å². The predicted molar refractivity (Wildman–Crippen MR) is 108 cm³/mol. The average Bonchev–Trinajstić information content (AvgIpc) is 2.73. The van der Waals surface area contributed by atoms with E-state index in [4.69, 9.17) is 16.3 Å². The molecule has 0 radical (unpaired) electrons. The Morgan fingerprint density at radius 3 is 2.15 bits per heavy atom. The van der Waals surface area contributed by atoms with E-state index in [2.05, 4.69) is 26.6 Å². The summed E-state index contributed by atoms with van der Waals surface area (Å²) in [4.78, 5) is 0. The minimum atomic E-state index is -4.51. The van der Waals surface area contributed by atoms with Gasteiger partial charge < -0.3 is 4.74 Å². The van der Waals surface area contributed by atoms with Crippen molar-refractivity contribution in [1.29, 1.82) is 0 Å². The lowest BCUT2D eigenvalue weighted by atomic mass is 9.81. The average molecular weight is 514 g/mol. The van der Waals surface area contributed by atoms with E-state index in [9.17, 15) is 30.7 Å². The fraction of sp³-hybridized carbons (Fsp3) is 1.00. The van der Waals surface area contributed by atoms with E-state index in [1.807, 2.05) is 0 Å². The Hall–Kier alpha value is -0.440. The monoisotopic (exact) mass is 513 g/mol. The molecule has 1 saturated heterocycles. The van der Waals surface area contributed by atoms with Crippen molar-refractivity contribution in [2.24, 2.45) is 11.8 Å². The number of halogens is 8. The molecule has 3 rings (SSSR count). The van der Waals surface area contributed by atoms with Gasteiger partial charge in [0.25, 0.3) is 0 Å². The molecule has 1 heterocycles. The van der Waals surface area contributed by atoms with Gasteiger partial charge in [0.05, 0.1) is 11.3 Å². The molecule has 0 aromatic heterocycles. The number of ether oxygens (including phenoxy) is 1. The first kappa shape index (κ1) is 27.2. The summed E-state index contributed by atoms with van der Waals surface area (Å²) in [5, 5.41) is 14.4. The number of rotatable bonds is 7. The molecule has 1 aliphatic heterocycles. The Labute approximate surface area is 193 Å². The lowest BCUT2D eigenvalue weighted by molar-refractivity contribution is -0.199. The molecule has 2 aliphatic carbocycles. The fourth-order valence-electron chi connectivity index (χ4n) is 4.55. The smallest absolute Gasteiger partial charge is 0.340 e. The molecule has 3 aliphatic rings. The van der Waals surface area contributed by atoms with Gasteiger partial charge in [0, 0.05) is 12.6 Å². The highest BCUT2D eigenvalue weighted by Gasteiger charge is 2.41. The van der Waals surface area contributed by atoms with Gasteiger partial charge >= 0.3 is 12.4 Å².